The highest BCUT2D eigenvalue weighted by atomic mass is 16.1. The maximum Gasteiger partial charge on any atom is 0.222 e. The maximum atomic E-state index is 12.5. The zero-order valence-corrected chi connectivity index (χ0v) is 14.5. The van der Waals surface area contributed by atoms with Crippen LogP contribution >= 0.6 is 0 Å². The average molecular weight is 347 g/mol. The number of fused-ring (bicyclic) bond motifs is 1. The van der Waals surface area contributed by atoms with Gasteiger partial charge in [0.05, 0.1) is 24.3 Å². The lowest BCUT2D eigenvalue weighted by Crippen LogP contribution is -2.30. The van der Waals surface area contributed by atoms with Crippen molar-refractivity contribution in [2.75, 3.05) is 0 Å². The molecule has 5 heteroatoms. The van der Waals surface area contributed by atoms with Crippen LogP contribution in [0.15, 0.2) is 65.6 Å². The largest absolute Gasteiger partial charge is 0.349 e. The number of nitrogens with zero attached hydrogens (tertiary/aromatic N) is 2. The topological polar surface area (TPSA) is 64.0 Å². The molecular formula is C21H21N3O2. The fourth-order valence-corrected chi connectivity index (χ4v) is 3.36. The number of aromatic nitrogens is 2. The molecule has 26 heavy (non-hydrogen) atoms. The van der Waals surface area contributed by atoms with Gasteiger partial charge in [-0.25, -0.2) is 0 Å². The lowest BCUT2D eigenvalue weighted by atomic mass is 10.0. The third-order valence-electron chi connectivity index (χ3n) is 4.88. The van der Waals surface area contributed by atoms with Crippen LogP contribution in [0.5, 0.6) is 0 Å². The SMILES string of the molecule is O=C(CCn1ncc(=O)c2ccccc21)NC(c1ccccc1)C1CC1. The van der Waals surface area contributed by atoms with Crippen molar-refractivity contribution in [3.8, 4) is 0 Å². The van der Waals surface area contributed by atoms with E-state index in [1.54, 1.807) is 10.7 Å². The molecule has 1 atom stereocenters. The highest BCUT2D eigenvalue weighted by molar-refractivity contribution is 5.79. The van der Waals surface area contributed by atoms with Crippen LogP contribution < -0.4 is 10.7 Å². The Bertz CT molecular complexity index is 977. The number of aryl methyl sites for hydroxylation is 1. The fourth-order valence-electron chi connectivity index (χ4n) is 3.36. The first-order valence-corrected chi connectivity index (χ1v) is 9.01. The van der Waals surface area contributed by atoms with E-state index >= 15 is 0 Å². The average Bonchev–Trinajstić information content (AvgIpc) is 3.52. The normalized spacial score (nSPS) is 14.9. The van der Waals surface area contributed by atoms with Gasteiger partial charge in [0.2, 0.25) is 11.3 Å². The molecule has 1 saturated carbocycles. The second-order valence-electron chi connectivity index (χ2n) is 6.79. The standard InChI is InChI=1S/C21H21N3O2/c25-19-14-22-24(18-9-5-4-8-17(18)19)13-12-20(26)23-21(16-10-11-16)15-6-2-1-3-7-15/h1-9,14,16,21H,10-13H2,(H,23,26). The fraction of sp³-hybridized carbons (Fsp3) is 0.286. The van der Waals surface area contributed by atoms with Gasteiger partial charge in [0.15, 0.2) is 0 Å². The molecule has 5 nitrogen and oxygen atoms in total. The first-order valence-electron chi connectivity index (χ1n) is 9.01. The monoisotopic (exact) mass is 347 g/mol. The molecule has 1 heterocycles. The molecule has 1 fully saturated rings. The number of rotatable bonds is 6. The summed E-state index contributed by atoms with van der Waals surface area (Å²) in [5.41, 5.74) is 1.82. The summed E-state index contributed by atoms with van der Waals surface area (Å²) < 4.78 is 1.73. The molecule has 1 N–H and O–H groups in total. The number of hydrogen-bond donors (Lipinski definition) is 1. The van der Waals surface area contributed by atoms with Crippen molar-refractivity contribution in [1.82, 2.24) is 15.1 Å². The van der Waals surface area contributed by atoms with E-state index in [1.807, 2.05) is 36.4 Å². The molecule has 3 aromatic rings. The molecular weight excluding hydrogens is 326 g/mol. The van der Waals surface area contributed by atoms with Crippen molar-refractivity contribution in [2.24, 2.45) is 5.92 Å². The minimum absolute atomic E-state index is 0.00957. The molecule has 0 bridgehead atoms. The highest BCUT2D eigenvalue weighted by Crippen LogP contribution is 2.40. The third-order valence-corrected chi connectivity index (χ3v) is 4.88. The molecule has 1 unspecified atom stereocenters. The molecule has 4 rings (SSSR count). The maximum absolute atomic E-state index is 12.5. The molecule has 1 aliphatic carbocycles. The molecule has 0 aliphatic heterocycles. The highest BCUT2D eigenvalue weighted by Gasteiger charge is 2.33. The third kappa shape index (κ3) is 3.52. The van der Waals surface area contributed by atoms with E-state index in [2.05, 4.69) is 22.5 Å². The number of carbonyl (C=O) groups is 1. The predicted octanol–water partition coefficient (Wildman–Crippen LogP) is 3.05. The molecule has 2 aromatic carbocycles. The van der Waals surface area contributed by atoms with Gasteiger partial charge in [-0.2, -0.15) is 5.10 Å². The Morgan fingerprint density at radius 3 is 2.62 bits per heavy atom. The minimum Gasteiger partial charge on any atom is -0.349 e. The number of amides is 1. The van der Waals surface area contributed by atoms with Gasteiger partial charge >= 0.3 is 0 Å². The lowest BCUT2D eigenvalue weighted by molar-refractivity contribution is -0.122. The number of hydrogen-bond acceptors (Lipinski definition) is 3. The van der Waals surface area contributed by atoms with E-state index in [0.29, 0.717) is 24.3 Å². The molecule has 132 valence electrons. The zero-order valence-electron chi connectivity index (χ0n) is 14.5. The van der Waals surface area contributed by atoms with Crippen LogP contribution in [0.2, 0.25) is 0 Å². The van der Waals surface area contributed by atoms with Crippen LogP contribution in [0.4, 0.5) is 0 Å². The van der Waals surface area contributed by atoms with Crippen LogP contribution in [-0.2, 0) is 11.3 Å². The quantitative estimate of drug-likeness (QED) is 0.745. The Balaban J connectivity index is 1.46. The molecule has 1 aromatic heterocycles. The summed E-state index contributed by atoms with van der Waals surface area (Å²) in [6, 6.07) is 17.6. The first-order chi connectivity index (χ1) is 12.7. The summed E-state index contributed by atoms with van der Waals surface area (Å²) >= 11 is 0. The second kappa shape index (κ2) is 7.12. The van der Waals surface area contributed by atoms with Crippen LogP contribution in [0.3, 0.4) is 0 Å². The lowest BCUT2D eigenvalue weighted by Gasteiger charge is -2.19. The summed E-state index contributed by atoms with van der Waals surface area (Å²) in [7, 11) is 0. The van der Waals surface area contributed by atoms with Gasteiger partial charge in [-0.05, 0) is 36.5 Å². The van der Waals surface area contributed by atoms with E-state index in [1.165, 1.54) is 6.20 Å². The van der Waals surface area contributed by atoms with E-state index in [-0.39, 0.29) is 17.4 Å². The smallest absolute Gasteiger partial charge is 0.222 e. The molecule has 0 spiro atoms. The Hall–Kier alpha value is -2.95. The summed E-state index contributed by atoms with van der Waals surface area (Å²) in [5, 5.41) is 8.00. The van der Waals surface area contributed by atoms with Crippen LogP contribution in [0.25, 0.3) is 10.9 Å². The number of benzene rings is 2. The van der Waals surface area contributed by atoms with E-state index in [0.717, 1.165) is 23.9 Å². The Morgan fingerprint density at radius 2 is 1.85 bits per heavy atom. The number of carbonyl (C=O) groups excluding carboxylic acids is 1. The van der Waals surface area contributed by atoms with Crippen molar-refractivity contribution in [2.45, 2.75) is 31.8 Å². The van der Waals surface area contributed by atoms with E-state index in [9.17, 15) is 9.59 Å². The second-order valence-corrected chi connectivity index (χ2v) is 6.79. The number of para-hydroxylation sites is 1. The number of nitrogens with one attached hydrogen (secondary N) is 1. The minimum atomic E-state index is -0.0980. The van der Waals surface area contributed by atoms with Gasteiger partial charge in [0.1, 0.15) is 0 Å². The summed E-state index contributed by atoms with van der Waals surface area (Å²) in [6.45, 7) is 0.443. The van der Waals surface area contributed by atoms with Gasteiger partial charge in [-0.1, -0.05) is 42.5 Å². The Morgan fingerprint density at radius 1 is 1.12 bits per heavy atom. The van der Waals surface area contributed by atoms with Gasteiger partial charge in [-0.15, -0.1) is 0 Å². The van der Waals surface area contributed by atoms with Gasteiger partial charge < -0.3 is 5.32 Å². The van der Waals surface area contributed by atoms with Crippen LogP contribution in [0.1, 0.15) is 30.9 Å². The molecule has 1 amide bonds. The van der Waals surface area contributed by atoms with Crippen LogP contribution in [-0.4, -0.2) is 15.7 Å². The van der Waals surface area contributed by atoms with Crippen LogP contribution in [0, 0.1) is 5.92 Å². The Kier molecular flexibility index (Phi) is 4.52. The van der Waals surface area contributed by atoms with Gasteiger partial charge in [0, 0.05) is 11.8 Å². The van der Waals surface area contributed by atoms with Crippen molar-refractivity contribution >= 4 is 16.8 Å². The summed E-state index contributed by atoms with van der Waals surface area (Å²) in [6.07, 6.45) is 3.96. The van der Waals surface area contributed by atoms with E-state index in [4.69, 9.17) is 0 Å². The Labute approximate surface area is 151 Å². The summed E-state index contributed by atoms with van der Waals surface area (Å²) in [4.78, 5) is 24.4. The molecule has 0 radical (unpaired) electrons. The van der Waals surface area contributed by atoms with Crippen molar-refractivity contribution in [3.05, 3.63) is 76.6 Å². The van der Waals surface area contributed by atoms with Crippen molar-refractivity contribution in [1.29, 1.82) is 0 Å². The van der Waals surface area contributed by atoms with E-state index < -0.39 is 0 Å². The van der Waals surface area contributed by atoms with Gasteiger partial charge in [-0.3, -0.25) is 14.3 Å². The first kappa shape index (κ1) is 16.5. The molecule has 1 aliphatic rings. The van der Waals surface area contributed by atoms with Crippen molar-refractivity contribution in [3.63, 3.8) is 0 Å². The summed E-state index contributed by atoms with van der Waals surface area (Å²) in [5.74, 6) is 0.544. The zero-order chi connectivity index (χ0) is 17.9. The van der Waals surface area contributed by atoms with Crippen molar-refractivity contribution < 1.29 is 4.79 Å². The predicted molar refractivity (Wildman–Crippen MR) is 101 cm³/mol. The molecule has 0 saturated heterocycles. The van der Waals surface area contributed by atoms with Gasteiger partial charge in [0.25, 0.3) is 0 Å².